The lowest BCUT2D eigenvalue weighted by Crippen LogP contribution is -2.42. The fourth-order valence-corrected chi connectivity index (χ4v) is 4.16. The van der Waals surface area contributed by atoms with Gasteiger partial charge in [0.05, 0.1) is 31.1 Å². The number of carbonyl (C=O) groups is 1. The first kappa shape index (κ1) is 18.8. The Morgan fingerprint density at radius 1 is 1.39 bits per heavy atom. The quantitative estimate of drug-likeness (QED) is 0.709. The lowest BCUT2D eigenvalue weighted by Gasteiger charge is -2.32. The van der Waals surface area contributed by atoms with Gasteiger partial charge in [-0.25, -0.2) is 9.37 Å². The molecular formula is C20H20FN3O3S. The first-order chi connectivity index (χ1) is 13.6. The molecule has 1 N–H and O–H groups in total. The lowest BCUT2D eigenvalue weighted by atomic mass is 10.1. The van der Waals surface area contributed by atoms with Crippen LogP contribution in [-0.2, 0) is 9.53 Å². The second kappa shape index (κ2) is 8.22. The molecule has 1 amide bonds. The predicted molar refractivity (Wildman–Crippen MR) is 106 cm³/mol. The Bertz CT molecular complexity index is 994. The van der Waals surface area contributed by atoms with Gasteiger partial charge >= 0.3 is 0 Å². The highest BCUT2D eigenvalue weighted by Crippen LogP contribution is 2.32. The molecule has 4 rings (SSSR count). The fourth-order valence-electron chi connectivity index (χ4n) is 3.26. The van der Waals surface area contributed by atoms with Crippen LogP contribution in [0.25, 0.3) is 10.2 Å². The second-order valence-electron chi connectivity index (χ2n) is 6.52. The molecule has 1 aliphatic heterocycles. The number of thiazole rings is 1. The second-order valence-corrected chi connectivity index (χ2v) is 7.55. The standard InChI is InChI=1S/C20H20FN3O3S/c1-26-15-6-3-7-17-19(15)23-20(28-17)22-18(25)12-24-8-9-27-16(11-24)13-4-2-5-14(21)10-13/h2-7,10,16H,8-9,11-12H2,1H3,(H,22,23,25). The van der Waals surface area contributed by atoms with Crippen LogP contribution in [0.1, 0.15) is 11.7 Å². The molecule has 1 atom stereocenters. The molecule has 2 aromatic carbocycles. The summed E-state index contributed by atoms with van der Waals surface area (Å²) in [5.74, 6) is 0.250. The van der Waals surface area contributed by atoms with Gasteiger partial charge in [0.2, 0.25) is 5.91 Å². The van der Waals surface area contributed by atoms with Crippen molar-refractivity contribution in [3.05, 3.63) is 53.8 Å². The van der Waals surface area contributed by atoms with E-state index in [1.54, 1.807) is 13.2 Å². The monoisotopic (exact) mass is 401 g/mol. The number of aromatic nitrogens is 1. The van der Waals surface area contributed by atoms with Gasteiger partial charge in [0.1, 0.15) is 17.1 Å². The molecule has 1 aromatic heterocycles. The number of halogens is 1. The van der Waals surface area contributed by atoms with E-state index < -0.39 is 0 Å². The van der Waals surface area contributed by atoms with E-state index in [-0.39, 0.29) is 24.4 Å². The summed E-state index contributed by atoms with van der Waals surface area (Å²) in [7, 11) is 1.60. The number of nitrogens with zero attached hydrogens (tertiary/aromatic N) is 2. The summed E-state index contributed by atoms with van der Waals surface area (Å²) in [6.07, 6.45) is -0.246. The van der Waals surface area contributed by atoms with E-state index in [9.17, 15) is 9.18 Å². The molecule has 1 fully saturated rings. The Hall–Kier alpha value is -2.55. The van der Waals surface area contributed by atoms with Crippen LogP contribution in [0.2, 0.25) is 0 Å². The van der Waals surface area contributed by atoms with Gasteiger partial charge in [0.15, 0.2) is 5.13 Å². The molecule has 0 saturated carbocycles. The number of rotatable bonds is 5. The van der Waals surface area contributed by atoms with Gasteiger partial charge < -0.3 is 14.8 Å². The van der Waals surface area contributed by atoms with Crippen molar-refractivity contribution in [2.45, 2.75) is 6.10 Å². The van der Waals surface area contributed by atoms with E-state index in [4.69, 9.17) is 9.47 Å². The number of anilines is 1. The van der Waals surface area contributed by atoms with Crippen LogP contribution in [0.5, 0.6) is 5.75 Å². The smallest absolute Gasteiger partial charge is 0.240 e. The number of morpholine rings is 1. The molecule has 8 heteroatoms. The number of amides is 1. The number of hydrogen-bond acceptors (Lipinski definition) is 6. The number of hydrogen-bond donors (Lipinski definition) is 1. The van der Waals surface area contributed by atoms with Crippen molar-refractivity contribution in [1.29, 1.82) is 0 Å². The first-order valence-corrected chi connectivity index (χ1v) is 9.77. The van der Waals surface area contributed by atoms with Crippen LogP contribution in [0.4, 0.5) is 9.52 Å². The zero-order valence-corrected chi connectivity index (χ0v) is 16.2. The van der Waals surface area contributed by atoms with Gasteiger partial charge in [0, 0.05) is 13.1 Å². The molecule has 0 aliphatic carbocycles. The van der Waals surface area contributed by atoms with Crippen LogP contribution >= 0.6 is 11.3 Å². The van der Waals surface area contributed by atoms with E-state index in [2.05, 4.69) is 10.3 Å². The fraction of sp³-hybridized carbons (Fsp3) is 0.300. The number of para-hydroxylation sites is 1. The summed E-state index contributed by atoms with van der Waals surface area (Å²) in [5, 5.41) is 3.41. The number of nitrogens with one attached hydrogen (secondary N) is 1. The zero-order chi connectivity index (χ0) is 19.5. The van der Waals surface area contributed by atoms with Crippen LogP contribution in [0.15, 0.2) is 42.5 Å². The van der Waals surface area contributed by atoms with E-state index in [0.717, 1.165) is 15.8 Å². The highest BCUT2D eigenvalue weighted by molar-refractivity contribution is 7.22. The Kier molecular flexibility index (Phi) is 5.52. The third kappa shape index (κ3) is 4.14. The third-order valence-electron chi connectivity index (χ3n) is 4.59. The molecule has 146 valence electrons. The molecule has 2 heterocycles. The summed E-state index contributed by atoms with van der Waals surface area (Å²) in [6.45, 7) is 1.90. The zero-order valence-electron chi connectivity index (χ0n) is 15.4. The molecular weight excluding hydrogens is 381 g/mol. The van der Waals surface area contributed by atoms with Crippen molar-refractivity contribution in [2.24, 2.45) is 0 Å². The third-order valence-corrected chi connectivity index (χ3v) is 5.52. The van der Waals surface area contributed by atoms with E-state index in [1.807, 2.05) is 29.2 Å². The van der Waals surface area contributed by atoms with E-state index in [0.29, 0.717) is 30.6 Å². The predicted octanol–water partition coefficient (Wildman–Crippen LogP) is 3.46. The molecule has 0 spiro atoms. The van der Waals surface area contributed by atoms with Gasteiger partial charge in [-0.3, -0.25) is 9.69 Å². The average molecular weight is 401 g/mol. The summed E-state index contributed by atoms with van der Waals surface area (Å²) in [6, 6.07) is 12.1. The number of carbonyl (C=O) groups excluding carboxylic acids is 1. The molecule has 6 nitrogen and oxygen atoms in total. The molecule has 1 unspecified atom stereocenters. The number of benzene rings is 2. The maximum Gasteiger partial charge on any atom is 0.240 e. The van der Waals surface area contributed by atoms with Crippen LogP contribution in [0.3, 0.4) is 0 Å². The molecule has 0 bridgehead atoms. The van der Waals surface area contributed by atoms with Crippen molar-refractivity contribution in [2.75, 3.05) is 38.7 Å². The van der Waals surface area contributed by atoms with Crippen LogP contribution in [0, 0.1) is 5.82 Å². The van der Waals surface area contributed by atoms with Crippen LogP contribution in [-0.4, -0.2) is 49.1 Å². The number of methoxy groups -OCH3 is 1. The Balaban J connectivity index is 1.39. The Labute approximate surface area is 165 Å². The summed E-state index contributed by atoms with van der Waals surface area (Å²) >= 11 is 1.41. The minimum atomic E-state index is -0.290. The summed E-state index contributed by atoms with van der Waals surface area (Å²) in [5.41, 5.74) is 1.52. The molecule has 1 saturated heterocycles. The number of ether oxygens (including phenoxy) is 2. The molecule has 3 aromatic rings. The van der Waals surface area contributed by atoms with E-state index >= 15 is 0 Å². The topological polar surface area (TPSA) is 63.7 Å². The summed E-state index contributed by atoms with van der Waals surface area (Å²) < 4.78 is 25.5. The number of fused-ring (bicyclic) bond motifs is 1. The first-order valence-electron chi connectivity index (χ1n) is 8.95. The van der Waals surface area contributed by atoms with Crippen LogP contribution < -0.4 is 10.1 Å². The van der Waals surface area contributed by atoms with Gasteiger partial charge in [-0.05, 0) is 29.8 Å². The van der Waals surface area contributed by atoms with Crippen molar-refractivity contribution in [3.63, 3.8) is 0 Å². The minimum absolute atomic E-state index is 0.141. The highest BCUT2D eigenvalue weighted by Gasteiger charge is 2.24. The highest BCUT2D eigenvalue weighted by atomic mass is 32.1. The van der Waals surface area contributed by atoms with Crippen molar-refractivity contribution < 1.29 is 18.7 Å². The maximum atomic E-state index is 13.5. The Morgan fingerprint density at radius 2 is 2.25 bits per heavy atom. The van der Waals surface area contributed by atoms with Gasteiger partial charge in [-0.2, -0.15) is 0 Å². The van der Waals surface area contributed by atoms with Crippen molar-refractivity contribution in [3.8, 4) is 5.75 Å². The minimum Gasteiger partial charge on any atom is -0.494 e. The maximum absolute atomic E-state index is 13.5. The molecule has 0 radical (unpaired) electrons. The normalized spacial score (nSPS) is 17.6. The summed E-state index contributed by atoms with van der Waals surface area (Å²) in [4.78, 5) is 19.0. The van der Waals surface area contributed by atoms with Crippen molar-refractivity contribution in [1.82, 2.24) is 9.88 Å². The lowest BCUT2D eigenvalue weighted by molar-refractivity contribution is -0.119. The molecule has 28 heavy (non-hydrogen) atoms. The Morgan fingerprint density at radius 3 is 3.07 bits per heavy atom. The van der Waals surface area contributed by atoms with Gasteiger partial charge in [-0.1, -0.05) is 29.5 Å². The van der Waals surface area contributed by atoms with E-state index in [1.165, 1.54) is 23.5 Å². The average Bonchev–Trinajstić information content (AvgIpc) is 3.10. The SMILES string of the molecule is COc1cccc2sc(NC(=O)CN3CCOC(c4cccc(F)c4)C3)nc12. The van der Waals surface area contributed by atoms with Gasteiger partial charge in [0.25, 0.3) is 0 Å². The molecule has 1 aliphatic rings. The van der Waals surface area contributed by atoms with Gasteiger partial charge in [-0.15, -0.1) is 0 Å². The largest absolute Gasteiger partial charge is 0.494 e. The van der Waals surface area contributed by atoms with Crippen molar-refractivity contribution >= 4 is 32.6 Å².